The molecule has 3 fully saturated rings. The summed E-state index contributed by atoms with van der Waals surface area (Å²) < 4.78 is 11.5. The molecule has 25 heavy (non-hydrogen) atoms. The summed E-state index contributed by atoms with van der Waals surface area (Å²) in [6, 6.07) is 8.43. The molecule has 2 aliphatic heterocycles. The lowest BCUT2D eigenvalue weighted by Gasteiger charge is -2.63. The zero-order chi connectivity index (χ0) is 16.9. The Hall–Kier alpha value is -1.59. The number of carbonyl (C=O) groups excluding carboxylic acids is 1. The molecule has 1 N–H and O–H groups in total. The largest absolute Gasteiger partial charge is 0.482 e. The fourth-order valence-corrected chi connectivity index (χ4v) is 5.45. The van der Waals surface area contributed by atoms with Crippen molar-refractivity contribution in [2.24, 2.45) is 11.3 Å². The van der Waals surface area contributed by atoms with Crippen LogP contribution in [0, 0.1) is 11.3 Å². The molecule has 1 aromatic carbocycles. The van der Waals surface area contributed by atoms with Gasteiger partial charge in [-0.3, -0.25) is 4.79 Å². The summed E-state index contributed by atoms with van der Waals surface area (Å²) in [5.74, 6) is 1.58. The molecule has 2 aliphatic carbocycles. The molecule has 1 saturated heterocycles. The lowest BCUT2D eigenvalue weighted by molar-refractivity contribution is -0.175. The highest BCUT2D eigenvalue weighted by atomic mass is 16.5. The number of rotatable bonds is 5. The molecule has 1 spiro atoms. The van der Waals surface area contributed by atoms with Crippen LogP contribution in [0.15, 0.2) is 24.3 Å². The van der Waals surface area contributed by atoms with Crippen LogP contribution >= 0.6 is 0 Å². The highest BCUT2D eigenvalue weighted by Gasteiger charge is 2.66. The molecule has 3 atom stereocenters. The van der Waals surface area contributed by atoms with E-state index in [9.17, 15) is 4.79 Å². The minimum absolute atomic E-state index is 0.0575. The highest BCUT2D eigenvalue weighted by Crippen LogP contribution is 2.62. The fourth-order valence-electron chi connectivity index (χ4n) is 5.45. The molecule has 5 heteroatoms. The lowest BCUT2D eigenvalue weighted by atomic mass is 9.46. The second-order valence-corrected chi connectivity index (χ2v) is 7.92. The summed E-state index contributed by atoms with van der Waals surface area (Å²) in [5, 5.41) is 3.81. The van der Waals surface area contributed by atoms with Gasteiger partial charge in [-0.2, -0.15) is 0 Å². The van der Waals surface area contributed by atoms with Gasteiger partial charge < -0.3 is 19.7 Å². The summed E-state index contributed by atoms with van der Waals surface area (Å²) in [4.78, 5) is 14.1. The number of benzene rings is 1. The normalized spacial score (nSPS) is 31.8. The van der Waals surface area contributed by atoms with E-state index in [1.165, 1.54) is 25.7 Å². The van der Waals surface area contributed by atoms with E-state index in [1.807, 2.05) is 29.2 Å². The van der Waals surface area contributed by atoms with Crippen LogP contribution in [0.2, 0.25) is 0 Å². The molecule has 1 aromatic rings. The van der Waals surface area contributed by atoms with Crippen molar-refractivity contribution in [2.45, 2.75) is 44.2 Å². The molecule has 2 heterocycles. The van der Waals surface area contributed by atoms with Gasteiger partial charge in [0.15, 0.2) is 6.61 Å². The number of hydrogen-bond donors (Lipinski definition) is 1. The number of para-hydroxylation sites is 2. The molecule has 1 amide bonds. The number of fused-ring (bicyclic) bond motifs is 3. The first-order chi connectivity index (χ1) is 12.3. The maximum Gasteiger partial charge on any atom is 0.265 e. The Balaban J connectivity index is 1.17. The number of ether oxygens (including phenoxy) is 2. The average molecular weight is 342 g/mol. The highest BCUT2D eigenvalue weighted by molar-refractivity contribution is 5.97. The van der Waals surface area contributed by atoms with Crippen LogP contribution in [0.3, 0.4) is 0 Å². The van der Waals surface area contributed by atoms with E-state index in [2.05, 4.69) is 5.32 Å². The SMILES string of the molecule is O=C1COc2ccccc2N1CCCN[C@@H]1[C@@H]2CCO[C@H]2C12CCC2. The minimum Gasteiger partial charge on any atom is -0.482 e. The van der Waals surface area contributed by atoms with Crippen molar-refractivity contribution in [2.75, 3.05) is 31.2 Å². The van der Waals surface area contributed by atoms with Crippen LogP contribution in [-0.2, 0) is 9.53 Å². The predicted molar refractivity (Wildman–Crippen MR) is 94.8 cm³/mol. The molecule has 0 aromatic heterocycles. The van der Waals surface area contributed by atoms with Crippen molar-refractivity contribution in [1.82, 2.24) is 5.32 Å². The Morgan fingerprint density at radius 1 is 1.28 bits per heavy atom. The number of anilines is 1. The molecule has 5 nitrogen and oxygen atoms in total. The van der Waals surface area contributed by atoms with E-state index in [0.29, 0.717) is 23.5 Å². The van der Waals surface area contributed by atoms with E-state index < -0.39 is 0 Å². The summed E-state index contributed by atoms with van der Waals surface area (Å²) in [6.07, 6.45) is 6.68. The van der Waals surface area contributed by atoms with Gasteiger partial charge in [-0.05, 0) is 44.4 Å². The van der Waals surface area contributed by atoms with Crippen LogP contribution < -0.4 is 15.0 Å². The van der Waals surface area contributed by atoms with Gasteiger partial charge in [-0.15, -0.1) is 0 Å². The number of carbonyl (C=O) groups is 1. The molecule has 0 bridgehead atoms. The molecule has 0 radical (unpaired) electrons. The Morgan fingerprint density at radius 3 is 3.00 bits per heavy atom. The fraction of sp³-hybridized carbons (Fsp3) is 0.650. The second-order valence-electron chi connectivity index (χ2n) is 7.92. The van der Waals surface area contributed by atoms with Crippen molar-refractivity contribution in [3.05, 3.63) is 24.3 Å². The Kier molecular flexibility index (Phi) is 3.75. The zero-order valence-electron chi connectivity index (χ0n) is 14.6. The Morgan fingerprint density at radius 2 is 2.16 bits per heavy atom. The smallest absolute Gasteiger partial charge is 0.265 e. The van der Waals surface area contributed by atoms with Gasteiger partial charge in [-0.25, -0.2) is 0 Å². The van der Waals surface area contributed by atoms with Crippen LogP contribution in [0.1, 0.15) is 32.1 Å². The van der Waals surface area contributed by atoms with Crippen LogP contribution in [0.4, 0.5) is 5.69 Å². The van der Waals surface area contributed by atoms with Crippen molar-refractivity contribution in [3.8, 4) is 5.75 Å². The van der Waals surface area contributed by atoms with Crippen LogP contribution in [0.25, 0.3) is 0 Å². The molecular formula is C20H26N2O3. The second kappa shape index (κ2) is 5.99. The molecule has 4 aliphatic rings. The molecule has 2 saturated carbocycles. The van der Waals surface area contributed by atoms with Gasteiger partial charge in [0.1, 0.15) is 5.75 Å². The van der Waals surface area contributed by atoms with Gasteiger partial charge in [0.25, 0.3) is 5.91 Å². The maximum absolute atomic E-state index is 12.2. The number of nitrogens with one attached hydrogen (secondary N) is 1. The van der Waals surface area contributed by atoms with Crippen molar-refractivity contribution >= 4 is 11.6 Å². The van der Waals surface area contributed by atoms with E-state index in [-0.39, 0.29) is 12.5 Å². The van der Waals surface area contributed by atoms with Gasteiger partial charge >= 0.3 is 0 Å². The first-order valence-electron chi connectivity index (χ1n) is 9.67. The molecule has 0 unspecified atom stereocenters. The summed E-state index contributed by atoms with van der Waals surface area (Å²) >= 11 is 0. The summed E-state index contributed by atoms with van der Waals surface area (Å²) in [6.45, 7) is 2.80. The van der Waals surface area contributed by atoms with Crippen LogP contribution in [-0.4, -0.2) is 44.4 Å². The summed E-state index contributed by atoms with van der Waals surface area (Å²) in [7, 11) is 0. The number of hydrogen-bond acceptors (Lipinski definition) is 4. The standard InChI is InChI=1S/C20H26N2O3/c23-17-13-25-16-6-2-1-5-15(16)22(17)11-4-10-21-18-14-7-12-24-19(14)20(18)8-3-9-20/h1-2,5-6,14,18-19,21H,3-4,7-13H2/t14-,18+,19+/m0/s1. The number of nitrogens with zero attached hydrogens (tertiary/aromatic N) is 1. The Bertz CT molecular complexity index is 673. The number of amides is 1. The lowest BCUT2D eigenvalue weighted by Crippen LogP contribution is -2.71. The first kappa shape index (κ1) is 15.6. The van der Waals surface area contributed by atoms with Gasteiger partial charge in [0.05, 0.1) is 11.8 Å². The van der Waals surface area contributed by atoms with Crippen molar-refractivity contribution in [1.29, 1.82) is 0 Å². The maximum atomic E-state index is 12.2. The third kappa shape index (κ3) is 2.32. The van der Waals surface area contributed by atoms with Gasteiger partial charge in [0, 0.05) is 30.5 Å². The van der Waals surface area contributed by atoms with Gasteiger partial charge in [0.2, 0.25) is 0 Å². The quantitative estimate of drug-likeness (QED) is 0.835. The van der Waals surface area contributed by atoms with E-state index in [1.54, 1.807) is 0 Å². The van der Waals surface area contributed by atoms with Gasteiger partial charge in [-0.1, -0.05) is 18.6 Å². The zero-order valence-corrected chi connectivity index (χ0v) is 14.6. The average Bonchev–Trinajstić information content (AvgIpc) is 3.00. The third-order valence-corrected chi connectivity index (χ3v) is 6.77. The minimum atomic E-state index is 0.0575. The van der Waals surface area contributed by atoms with E-state index in [4.69, 9.17) is 9.47 Å². The monoisotopic (exact) mass is 342 g/mol. The topological polar surface area (TPSA) is 50.8 Å². The van der Waals surface area contributed by atoms with Crippen molar-refractivity contribution < 1.29 is 14.3 Å². The first-order valence-corrected chi connectivity index (χ1v) is 9.67. The molecule has 5 rings (SSSR count). The summed E-state index contributed by atoms with van der Waals surface area (Å²) in [5.41, 5.74) is 1.34. The molecule has 134 valence electrons. The van der Waals surface area contributed by atoms with E-state index >= 15 is 0 Å². The predicted octanol–water partition coefficient (Wildman–Crippen LogP) is 2.35. The van der Waals surface area contributed by atoms with Crippen molar-refractivity contribution in [3.63, 3.8) is 0 Å². The van der Waals surface area contributed by atoms with Crippen LogP contribution in [0.5, 0.6) is 5.75 Å². The third-order valence-electron chi connectivity index (χ3n) is 6.77. The van der Waals surface area contributed by atoms with E-state index in [0.717, 1.165) is 37.6 Å². The Labute approximate surface area is 148 Å². The molecular weight excluding hydrogens is 316 g/mol.